The van der Waals surface area contributed by atoms with Gasteiger partial charge in [0.1, 0.15) is 6.26 Å². The molecular formula is C14H17BrN2OS. The number of aromatic nitrogens is 1. The fourth-order valence-electron chi connectivity index (χ4n) is 1.57. The van der Waals surface area contributed by atoms with Crippen molar-refractivity contribution in [3.05, 3.63) is 40.2 Å². The summed E-state index contributed by atoms with van der Waals surface area (Å²) in [4.78, 5) is 5.49. The third-order valence-electron chi connectivity index (χ3n) is 2.52. The van der Waals surface area contributed by atoms with Crippen molar-refractivity contribution in [3.63, 3.8) is 0 Å². The normalized spacial score (nSPS) is 11.2. The SMILES string of the molecule is Cc1coc(Sc2ccc(Br)cc2CNC(C)C)n1. The lowest BCUT2D eigenvalue weighted by molar-refractivity contribution is 0.454. The van der Waals surface area contributed by atoms with Crippen LogP contribution in [0.3, 0.4) is 0 Å². The Hall–Kier alpha value is -0.780. The molecule has 2 aromatic rings. The minimum Gasteiger partial charge on any atom is -0.439 e. The van der Waals surface area contributed by atoms with Crippen molar-refractivity contribution in [1.29, 1.82) is 0 Å². The van der Waals surface area contributed by atoms with Crippen LogP contribution in [-0.2, 0) is 6.54 Å². The van der Waals surface area contributed by atoms with E-state index in [0.29, 0.717) is 11.3 Å². The molecular weight excluding hydrogens is 324 g/mol. The Kier molecular flexibility index (Phi) is 5.07. The monoisotopic (exact) mass is 340 g/mol. The number of nitrogens with one attached hydrogen (secondary N) is 1. The highest BCUT2D eigenvalue weighted by molar-refractivity contribution is 9.10. The number of halogens is 1. The fraction of sp³-hybridized carbons (Fsp3) is 0.357. The molecule has 3 nitrogen and oxygen atoms in total. The second-order valence-electron chi connectivity index (χ2n) is 4.64. The highest BCUT2D eigenvalue weighted by Crippen LogP contribution is 2.31. The molecule has 1 N–H and O–H groups in total. The van der Waals surface area contributed by atoms with Crippen LogP contribution in [-0.4, -0.2) is 11.0 Å². The minimum absolute atomic E-state index is 0.459. The number of nitrogens with zero attached hydrogens (tertiary/aromatic N) is 1. The van der Waals surface area contributed by atoms with Crippen LogP contribution < -0.4 is 5.32 Å². The van der Waals surface area contributed by atoms with Crippen LogP contribution >= 0.6 is 27.7 Å². The smallest absolute Gasteiger partial charge is 0.260 e. The molecule has 0 saturated carbocycles. The molecule has 0 amide bonds. The first kappa shape index (κ1) is 14.6. The van der Waals surface area contributed by atoms with E-state index in [-0.39, 0.29) is 0 Å². The first-order chi connectivity index (χ1) is 9.04. The maximum absolute atomic E-state index is 5.40. The molecule has 0 fully saturated rings. The van der Waals surface area contributed by atoms with Gasteiger partial charge in [0.2, 0.25) is 0 Å². The topological polar surface area (TPSA) is 38.1 Å². The Morgan fingerprint density at radius 3 is 2.84 bits per heavy atom. The van der Waals surface area contributed by atoms with Gasteiger partial charge in [-0.25, -0.2) is 4.98 Å². The van der Waals surface area contributed by atoms with Crippen LogP contribution in [0, 0.1) is 6.92 Å². The molecule has 1 aromatic heterocycles. The van der Waals surface area contributed by atoms with Crippen molar-refractivity contribution in [3.8, 4) is 0 Å². The highest BCUT2D eigenvalue weighted by Gasteiger charge is 2.09. The molecule has 0 radical (unpaired) electrons. The van der Waals surface area contributed by atoms with E-state index in [1.807, 2.05) is 13.0 Å². The summed E-state index contributed by atoms with van der Waals surface area (Å²) in [5, 5.41) is 4.12. The highest BCUT2D eigenvalue weighted by atomic mass is 79.9. The molecule has 0 saturated heterocycles. The van der Waals surface area contributed by atoms with Crippen LogP contribution in [0.5, 0.6) is 0 Å². The summed E-state index contributed by atoms with van der Waals surface area (Å²) in [5.74, 6) is 0. The Bertz CT molecular complexity index is 554. The van der Waals surface area contributed by atoms with Crippen molar-refractivity contribution in [1.82, 2.24) is 10.3 Å². The van der Waals surface area contributed by atoms with Crippen LogP contribution in [0.1, 0.15) is 25.1 Å². The van der Waals surface area contributed by atoms with E-state index in [4.69, 9.17) is 4.42 Å². The number of hydrogen-bond acceptors (Lipinski definition) is 4. The maximum atomic E-state index is 5.40. The summed E-state index contributed by atoms with van der Waals surface area (Å²) in [5.41, 5.74) is 2.14. The zero-order valence-corrected chi connectivity index (χ0v) is 13.6. The van der Waals surface area contributed by atoms with Crippen molar-refractivity contribution in [2.24, 2.45) is 0 Å². The van der Waals surface area contributed by atoms with Crippen LogP contribution in [0.2, 0.25) is 0 Å². The first-order valence-electron chi connectivity index (χ1n) is 6.16. The molecule has 0 atom stereocenters. The number of hydrogen-bond donors (Lipinski definition) is 1. The Morgan fingerprint density at radius 1 is 1.42 bits per heavy atom. The van der Waals surface area contributed by atoms with Gasteiger partial charge < -0.3 is 9.73 Å². The van der Waals surface area contributed by atoms with Gasteiger partial charge in [-0.3, -0.25) is 0 Å². The molecule has 19 heavy (non-hydrogen) atoms. The Morgan fingerprint density at radius 2 is 2.21 bits per heavy atom. The van der Waals surface area contributed by atoms with Gasteiger partial charge in [-0.15, -0.1) is 0 Å². The van der Waals surface area contributed by atoms with E-state index in [9.17, 15) is 0 Å². The third kappa shape index (κ3) is 4.37. The molecule has 0 aliphatic rings. The number of oxazole rings is 1. The molecule has 0 spiro atoms. The van der Waals surface area contributed by atoms with E-state index in [1.54, 1.807) is 18.0 Å². The van der Waals surface area contributed by atoms with Crippen molar-refractivity contribution in [2.45, 2.75) is 43.5 Å². The van der Waals surface area contributed by atoms with E-state index in [1.165, 1.54) is 10.5 Å². The van der Waals surface area contributed by atoms with Gasteiger partial charge >= 0.3 is 0 Å². The average molecular weight is 341 g/mol. The summed E-state index contributed by atoms with van der Waals surface area (Å²) < 4.78 is 6.48. The van der Waals surface area contributed by atoms with Crippen molar-refractivity contribution < 1.29 is 4.42 Å². The van der Waals surface area contributed by atoms with Crippen molar-refractivity contribution in [2.75, 3.05) is 0 Å². The fourth-order valence-corrected chi connectivity index (χ4v) is 2.85. The van der Waals surface area contributed by atoms with Gasteiger partial charge in [0.15, 0.2) is 0 Å². The third-order valence-corrected chi connectivity index (χ3v) is 3.99. The van der Waals surface area contributed by atoms with E-state index in [0.717, 1.165) is 16.7 Å². The van der Waals surface area contributed by atoms with Crippen molar-refractivity contribution >= 4 is 27.7 Å². The minimum atomic E-state index is 0.459. The second-order valence-corrected chi connectivity index (χ2v) is 6.55. The predicted octanol–water partition coefficient (Wildman–Crippen LogP) is 4.39. The molecule has 2 rings (SSSR count). The maximum Gasteiger partial charge on any atom is 0.260 e. The largest absolute Gasteiger partial charge is 0.439 e. The summed E-state index contributed by atoms with van der Waals surface area (Å²) in [7, 11) is 0. The van der Waals surface area contributed by atoms with Crippen LogP contribution in [0.4, 0.5) is 0 Å². The lowest BCUT2D eigenvalue weighted by Crippen LogP contribution is -2.22. The Labute approximate surface area is 126 Å². The second kappa shape index (κ2) is 6.59. The number of rotatable bonds is 5. The molecule has 102 valence electrons. The molecule has 1 aromatic carbocycles. The van der Waals surface area contributed by atoms with Crippen LogP contribution in [0.25, 0.3) is 0 Å². The van der Waals surface area contributed by atoms with E-state index >= 15 is 0 Å². The Balaban J connectivity index is 2.18. The summed E-state index contributed by atoms with van der Waals surface area (Å²) in [6, 6.07) is 6.72. The van der Waals surface area contributed by atoms with Gasteiger partial charge in [0, 0.05) is 22.0 Å². The molecule has 1 heterocycles. The zero-order chi connectivity index (χ0) is 13.8. The van der Waals surface area contributed by atoms with Gasteiger partial charge in [-0.2, -0.15) is 0 Å². The summed E-state index contributed by atoms with van der Waals surface area (Å²) in [6.07, 6.45) is 1.67. The average Bonchev–Trinajstić information content (AvgIpc) is 2.75. The number of aryl methyl sites for hydroxylation is 1. The van der Waals surface area contributed by atoms with E-state index < -0.39 is 0 Å². The molecule has 5 heteroatoms. The summed E-state index contributed by atoms with van der Waals surface area (Å²) >= 11 is 5.07. The summed E-state index contributed by atoms with van der Waals surface area (Å²) in [6.45, 7) is 7.04. The molecule has 0 aliphatic carbocycles. The standard InChI is InChI=1S/C14H17BrN2OS/c1-9(2)16-7-11-6-12(15)4-5-13(11)19-14-17-10(3)8-18-14/h4-6,8-9,16H,7H2,1-3H3. The molecule has 0 unspecified atom stereocenters. The van der Waals surface area contributed by atoms with Gasteiger partial charge in [0.25, 0.3) is 5.22 Å². The first-order valence-corrected chi connectivity index (χ1v) is 7.77. The number of benzene rings is 1. The van der Waals surface area contributed by atoms with E-state index in [2.05, 4.69) is 52.2 Å². The quantitative estimate of drug-likeness (QED) is 0.875. The lowest BCUT2D eigenvalue weighted by atomic mass is 10.2. The predicted molar refractivity (Wildman–Crippen MR) is 81.5 cm³/mol. The lowest BCUT2D eigenvalue weighted by Gasteiger charge is -2.11. The van der Waals surface area contributed by atoms with Gasteiger partial charge in [0.05, 0.1) is 5.69 Å². The molecule has 0 bridgehead atoms. The van der Waals surface area contributed by atoms with Gasteiger partial charge in [-0.1, -0.05) is 29.8 Å². The zero-order valence-electron chi connectivity index (χ0n) is 11.2. The molecule has 0 aliphatic heterocycles. The van der Waals surface area contributed by atoms with Gasteiger partial charge in [-0.05, 0) is 42.4 Å². The van der Waals surface area contributed by atoms with Crippen LogP contribution in [0.15, 0.2) is 43.5 Å².